The van der Waals surface area contributed by atoms with Crippen LogP contribution < -0.4 is 0 Å². The largest absolute Gasteiger partial charge is 0.296 e. The zero-order valence-corrected chi connectivity index (χ0v) is 10.0. The molecule has 86 valence electrons. The normalized spacial score (nSPS) is 10.2. The first kappa shape index (κ1) is 11.7. The van der Waals surface area contributed by atoms with E-state index in [-0.39, 0.29) is 11.4 Å². The molecule has 1 aromatic carbocycles. The number of benzene rings is 1. The monoisotopic (exact) mass is 296 g/mol. The van der Waals surface area contributed by atoms with E-state index in [1.807, 2.05) is 0 Å². The van der Waals surface area contributed by atoms with Gasteiger partial charge in [0, 0.05) is 22.3 Å². The van der Waals surface area contributed by atoms with E-state index in [0.29, 0.717) is 10.0 Å². The van der Waals surface area contributed by atoms with Crippen LogP contribution >= 0.6 is 15.9 Å². The number of nitrogens with zero attached hydrogens (tertiary/aromatic N) is 2. The van der Waals surface area contributed by atoms with E-state index in [1.54, 1.807) is 0 Å². The van der Waals surface area contributed by atoms with Crippen LogP contribution in [0.2, 0.25) is 0 Å². The van der Waals surface area contributed by atoms with Gasteiger partial charge in [0.05, 0.1) is 4.92 Å². The molecule has 0 amide bonds. The van der Waals surface area contributed by atoms with Crippen molar-refractivity contribution in [1.82, 2.24) is 4.98 Å². The SMILES string of the molecule is O=[N+]([O-])c1cc(Br)cnc1-c1ccc(F)cc1. The number of pyridine rings is 1. The first-order chi connectivity index (χ1) is 8.08. The van der Waals surface area contributed by atoms with E-state index in [9.17, 15) is 14.5 Å². The summed E-state index contributed by atoms with van der Waals surface area (Å²) < 4.78 is 13.3. The Balaban J connectivity index is 2.58. The van der Waals surface area contributed by atoms with Gasteiger partial charge < -0.3 is 0 Å². The van der Waals surface area contributed by atoms with Crippen LogP contribution in [0.3, 0.4) is 0 Å². The van der Waals surface area contributed by atoms with Crippen LogP contribution in [0.15, 0.2) is 41.0 Å². The number of hydrogen-bond donors (Lipinski definition) is 0. The molecule has 0 bridgehead atoms. The lowest BCUT2D eigenvalue weighted by Crippen LogP contribution is -1.94. The standard InChI is InChI=1S/C11H6BrFN2O2/c12-8-5-10(15(16)17)11(14-6-8)7-1-3-9(13)4-2-7/h1-6H. The van der Waals surface area contributed by atoms with E-state index in [4.69, 9.17) is 0 Å². The fourth-order valence-electron chi connectivity index (χ4n) is 1.40. The van der Waals surface area contributed by atoms with Crippen molar-refractivity contribution in [3.8, 4) is 11.3 Å². The Labute approximate surface area is 104 Å². The van der Waals surface area contributed by atoms with Gasteiger partial charge in [0.25, 0.3) is 5.69 Å². The molecule has 0 saturated heterocycles. The molecule has 0 fully saturated rings. The van der Waals surface area contributed by atoms with Crippen molar-refractivity contribution in [2.45, 2.75) is 0 Å². The lowest BCUT2D eigenvalue weighted by molar-refractivity contribution is -0.384. The first-order valence-electron chi connectivity index (χ1n) is 4.64. The lowest BCUT2D eigenvalue weighted by atomic mass is 10.1. The summed E-state index contributed by atoms with van der Waals surface area (Å²) in [5.74, 6) is -0.395. The molecule has 0 aliphatic heterocycles. The molecule has 0 radical (unpaired) electrons. The third kappa shape index (κ3) is 2.47. The van der Waals surface area contributed by atoms with E-state index in [0.717, 1.165) is 0 Å². The second-order valence-electron chi connectivity index (χ2n) is 3.29. The molecule has 0 N–H and O–H groups in total. The molecule has 4 nitrogen and oxygen atoms in total. The maximum absolute atomic E-state index is 12.8. The first-order valence-corrected chi connectivity index (χ1v) is 5.43. The molecule has 6 heteroatoms. The highest BCUT2D eigenvalue weighted by Gasteiger charge is 2.17. The molecule has 0 aliphatic carbocycles. The summed E-state index contributed by atoms with van der Waals surface area (Å²) in [7, 11) is 0. The van der Waals surface area contributed by atoms with Gasteiger partial charge in [-0.3, -0.25) is 10.1 Å². The molecule has 2 aromatic rings. The van der Waals surface area contributed by atoms with Crippen LogP contribution in [0.25, 0.3) is 11.3 Å². The lowest BCUT2D eigenvalue weighted by Gasteiger charge is -2.02. The van der Waals surface area contributed by atoms with Crippen LogP contribution in [-0.4, -0.2) is 9.91 Å². The van der Waals surface area contributed by atoms with Gasteiger partial charge in [0.15, 0.2) is 0 Å². The highest BCUT2D eigenvalue weighted by Crippen LogP contribution is 2.29. The van der Waals surface area contributed by atoms with Gasteiger partial charge in [-0.2, -0.15) is 0 Å². The third-order valence-electron chi connectivity index (χ3n) is 2.15. The van der Waals surface area contributed by atoms with Gasteiger partial charge in [0.1, 0.15) is 11.5 Å². The number of aromatic nitrogens is 1. The predicted molar refractivity (Wildman–Crippen MR) is 64.0 cm³/mol. The average molecular weight is 297 g/mol. The second kappa shape index (κ2) is 4.58. The van der Waals surface area contributed by atoms with Crippen LogP contribution in [0.5, 0.6) is 0 Å². The van der Waals surface area contributed by atoms with Crippen LogP contribution in [-0.2, 0) is 0 Å². The summed E-state index contributed by atoms with van der Waals surface area (Å²) in [5, 5.41) is 10.9. The molecule has 1 aromatic heterocycles. The van der Waals surface area contributed by atoms with Gasteiger partial charge >= 0.3 is 0 Å². The fraction of sp³-hybridized carbons (Fsp3) is 0. The summed E-state index contributed by atoms with van der Waals surface area (Å²) in [6.45, 7) is 0. The molecule has 1 heterocycles. The Hall–Kier alpha value is -1.82. The molecule has 0 saturated carbocycles. The summed E-state index contributed by atoms with van der Waals surface area (Å²) in [6.07, 6.45) is 1.46. The van der Waals surface area contributed by atoms with E-state index < -0.39 is 10.7 Å². The number of rotatable bonds is 2. The van der Waals surface area contributed by atoms with Gasteiger partial charge in [-0.25, -0.2) is 9.37 Å². The summed E-state index contributed by atoms with van der Waals surface area (Å²) in [5.41, 5.74) is 0.606. The van der Waals surface area contributed by atoms with Crippen LogP contribution in [0.1, 0.15) is 0 Å². The van der Waals surface area contributed by atoms with Crippen molar-refractivity contribution in [2.24, 2.45) is 0 Å². The Morgan fingerprint density at radius 3 is 2.53 bits per heavy atom. The average Bonchev–Trinajstić information content (AvgIpc) is 2.30. The number of hydrogen-bond acceptors (Lipinski definition) is 3. The molecular formula is C11H6BrFN2O2. The van der Waals surface area contributed by atoms with Crippen molar-refractivity contribution in [2.75, 3.05) is 0 Å². The minimum atomic E-state index is -0.517. The van der Waals surface area contributed by atoms with Gasteiger partial charge in [-0.1, -0.05) is 0 Å². The molecular weight excluding hydrogens is 291 g/mol. The van der Waals surface area contributed by atoms with Crippen molar-refractivity contribution in [1.29, 1.82) is 0 Å². The smallest absolute Gasteiger partial charge is 0.258 e. The molecule has 0 atom stereocenters. The van der Waals surface area contributed by atoms with Gasteiger partial charge in [-0.05, 0) is 40.2 Å². The van der Waals surface area contributed by atoms with E-state index in [2.05, 4.69) is 20.9 Å². The molecule has 0 spiro atoms. The minimum Gasteiger partial charge on any atom is -0.258 e. The van der Waals surface area contributed by atoms with Crippen LogP contribution in [0, 0.1) is 15.9 Å². The van der Waals surface area contributed by atoms with E-state index >= 15 is 0 Å². The molecule has 2 rings (SSSR count). The Morgan fingerprint density at radius 2 is 1.94 bits per heavy atom. The summed E-state index contributed by atoms with van der Waals surface area (Å²) in [4.78, 5) is 14.4. The summed E-state index contributed by atoms with van der Waals surface area (Å²) >= 11 is 3.12. The summed E-state index contributed by atoms with van der Waals surface area (Å²) in [6, 6.07) is 6.76. The second-order valence-corrected chi connectivity index (χ2v) is 4.20. The Kier molecular flexibility index (Phi) is 3.14. The molecule has 17 heavy (non-hydrogen) atoms. The number of halogens is 2. The molecule has 0 unspecified atom stereocenters. The Bertz CT molecular complexity index is 572. The van der Waals surface area contributed by atoms with Crippen molar-refractivity contribution < 1.29 is 9.31 Å². The maximum atomic E-state index is 12.8. The predicted octanol–water partition coefficient (Wildman–Crippen LogP) is 3.56. The van der Waals surface area contributed by atoms with Crippen molar-refractivity contribution in [3.63, 3.8) is 0 Å². The minimum absolute atomic E-state index is 0.119. The number of nitro groups is 1. The van der Waals surface area contributed by atoms with Gasteiger partial charge in [-0.15, -0.1) is 0 Å². The zero-order valence-electron chi connectivity index (χ0n) is 8.43. The van der Waals surface area contributed by atoms with Gasteiger partial charge in [0.2, 0.25) is 0 Å². The quantitative estimate of drug-likeness (QED) is 0.629. The topological polar surface area (TPSA) is 56.0 Å². The van der Waals surface area contributed by atoms with E-state index in [1.165, 1.54) is 36.5 Å². The third-order valence-corrected chi connectivity index (χ3v) is 2.58. The highest BCUT2D eigenvalue weighted by atomic mass is 79.9. The van der Waals surface area contributed by atoms with Crippen molar-refractivity contribution >= 4 is 21.6 Å². The highest BCUT2D eigenvalue weighted by molar-refractivity contribution is 9.10. The zero-order chi connectivity index (χ0) is 12.4. The maximum Gasteiger partial charge on any atom is 0.296 e. The van der Waals surface area contributed by atoms with Crippen LogP contribution in [0.4, 0.5) is 10.1 Å². The fourth-order valence-corrected chi connectivity index (χ4v) is 1.72. The Morgan fingerprint density at radius 1 is 1.29 bits per heavy atom. The van der Waals surface area contributed by atoms with Crippen molar-refractivity contribution in [3.05, 3.63) is 56.9 Å². The molecule has 0 aliphatic rings.